The van der Waals surface area contributed by atoms with Gasteiger partial charge in [-0.2, -0.15) is 4.37 Å². The first-order valence-corrected chi connectivity index (χ1v) is 7.86. The Morgan fingerprint density at radius 1 is 1.28 bits per heavy atom. The van der Waals surface area contributed by atoms with E-state index < -0.39 is 0 Å². The molecule has 18 heavy (non-hydrogen) atoms. The fraction of sp³-hybridized carbons (Fsp3) is 0.846. The molecule has 0 spiro atoms. The zero-order valence-corrected chi connectivity index (χ0v) is 12.2. The van der Waals surface area contributed by atoms with E-state index in [0.29, 0.717) is 12.1 Å². The number of nitrogens with zero attached hydrogens (tertiary/aromatic N) is 3. The zero-order chi connectivity index (χ0) is 13.0. The van der Waals surface area contributed by atoms with E-state index in [1.807, 2.05) is 0 Å². The van der Waals surface area contributed by atoms with Crippen molar-refractivity contribution in [3.63, 3.8) is 0 Å². The van der Waals surface area contributed by atoms with Crippen molar-refractivity contribution >= 4 is 16.7 Å². The highest BCUT2D eigenvalue weighted by Crippen LogP contribution is 2.28. The lowest BCUT2D eigenvalue weighted by Gasteiger charge is -2.35. The SMILES string of the molecule is CCCN(c1nc(CC)ns1)C1CCC(N)CC1. The van der Waals surface area contributed by atoms with Crippen molar-refractivity contribution in [3.8, 4) is 0 Å². The Morgan fingerprint density at radius 3 is 2.56 bits per heavy atom. The summed E-state index contributed by atoms with van der Waals surface area (Å²) in [7, 11) is 0. The summed E-state index contributed by atoms with van der Waals surface area (Å²) in [5.74, 6) is 0.976. The van der Waals surface area contributed by atoms with E-state index in [9.17, 15) is 0 Å². The van der Waals surface area contributed by atoms with Gasteiger partial charge in [-0.05, 0) is 32.1 Å². The number of rotatable bonds is 5. The molecule has 0 amide bonds. The van der Waals surface area contributed by atoms with Gasteiger partial charge in [-0.3, -0.25) is 0 Å². The second-order valence-electron chi connectivity index (χ2n) is 5.11. The summed E-state index contributed by atoms with van der Waals surface area (Å²) in [6.07, 6.45) is 6.76. The van der Waals surface area contributed by atoms with Crippen molar-refractivity contribution in [2.75, 3.05) is 11.4 Å². The van der Waals surface area contributed by atoms with E-state index in [1.165, 1.54) is 12.8 Å². The Morgan fingerprint density at radius 2 is 2.00 bits per heavy atom. The van der Waals surface area contributed by atoms with Crippen LogP contribution in [0.5, 0.6) is 0 Å². The second-order valence-corrected chi connectivity index (χ2v) is 5.84. The fourth-order valence-electron chi connectivity index (χ4n) is 2.59. The van der Waals surface area contributed by atoms with Crippen LogP contribution in [0.3, 0.4) is 0 Å². The molecule has 0 unspecified atom stereocenters. The maximum Gasteiger partial charge on any atom is 0.205 e. The largest absolute Gasteiger partial charge is 0.344 e. The first-order valence-electron chi connectivity index (χ1n) is 7.09. The molecule has 4 nitrogen and oxygen atoms in total. The van der Waals surface area contributed by atoms with E-state index in [4.69, 9.17) is 5.73 Å². The summed E-state index contributed by atoms with van der Waals surface area (Å²) in [4.78, 5) is 7.11. The van der Waals surface area contributed by atoms with Crippen LogP contribution < -0.4 is 10.6 Å². The molecule has 1 saturated carbocycles. The standard InChI is InChI=1S/C13H24N4S/c1-3-9-17(11-7-5-10(14)6-8-11)13-15-12(4-2)16-18-13/h10-11H,3-9,14H2,1-2H3. The second kappa shape index (κ2) is 6.48. The average molecular weight is 268 g/mol. The zero-order valence-electron chi connectivity index (χ0n) is 11.4. The van der Waals surface area contributed by atoms with Gasteiger partial charge in [0.05, 0.1) is 0 Å². The molecular formula is C13H24N4S. The van der Waals surface area contributed by atoms with Crippen LogP contribution in [0.15, 0.2) is 0 Å². The molecule has 0 saturated heterocycles. The normalized spacial score (nSPS) is 24.2. The maximum atomic E-state index is 5.99. The van der Waals surface area contributed by atoms with Gasteiger partial charge in [0.15, 0.2) is 0 Å². The molecule has 102 valence electrons. The molecule has 0 aliphatic heterocycles. The molecule has 2 rings (SSSR count). The number of nitrogens with two attached hydrogens (primary N) is 1. The van der Waals surface area contributed by atoms with Gasteiger partial charge in [0.1, 0.15) is 5.82 Å². The van der Waals surface area contributed by atoms with Crippen LogP contribution in [0.4, 0.5) is 5.13 Å². The molecular weight excluding hydrogens is 244 g/mol. The first kappa shape index (κ1) is 13.7. The third-order valence-corrected chi connectivity index (χ3v) is 4.46. The predicted molar refractivity (Wildman–Crippen MR) is 77.2 cm³/mol. The lowest BCUT2D eigenvalue weighted by atomic mass is 9.91. The molecule has 2 N–H and O–H groups in total. The van der Waals surface area contributed by atoms with Crippen LogP contribution in [0.1, 0.15) is 51.8 Å². The number of aromatic nitrogens is 2. The van der Waals surface area contributed by atoms with Crippen LogP contribution in [-0.4, -0.2) is 28.0 Å². The minimum Gasteiger partial charge on any atom is -0.344 e. The molecule has 1 fully saturated rings. The highest BCUT2D eigenvalue weighted by Gasteiger charge is 2.25. The van der Waals surface area contributed by atoms with Crippen molar-refractivity contribution in [3.05, 3.63) is 5.82 Å². The smallest absolute Gasteiger partial charge is 0.205 e. The lowest BCUT2D eigenvalue weighted by Crippen LogP contribution is -2.41. The van der Waals surface area contributed by atoms with Crippen LogP contribution >= 0.6 is 11.5 Å². The molecule has 1 aliphatic rings. The molecule has 0 radical (unpaired) electrons. The van der Waals surface area contributed by atoms with Crippen molar-refractivity contribution in [2.45, 2.75) is 64.5 Å². The third kappa shape index (κ3) is 3.20. The summed E-state index contributed by atoms with van der Waals surface area (Å²) >= 11 is 1.55. The van der Waals surface area contributed by atoms with Crippen molar-refractivity contribution < 1.29 is 0 Å². The maximum absolute atomic E-state index is 5.99. The summed E-state index contributed by atoms with van der Waals surface area (Å²) in [5, 5.41) is 1.11. The van der Waals surface area contributed by atoms with Gasteiger partial charge in [-0.1, -0.05) is 13.8 Å². The minimum absolute atomic E-state index is 0.408. The Balaban J connectivity index is 2.07. The summed E-state index contributed by atoms with van der Waals surface area (Å²) in [6, 6.07) is 1.02. The lowest BCUT2D eigenvalue weighted by molar-refractivity contribution is 0.375. The van der Waals surface area contributed by atoms with Gasteiger partial charge in [0.2, 0.25) is 5.13 Å². The molecule has 0 aromatic carbocycles. The summed E-state index contributed by atoms with van der Waals surface area (Å²) in [5.41, 5.74) is 5.99. The first-order chi connectivity index (χ1) is 8.74. The summed E-state index contributed by atoms with van der Waals surface area (Å²) in [6.45, 7) is 5.41. The number of aryl methyl sites for hydroxylation is 1. The Labute approximate surface area is 114 Å². The molecule has 1 aromatic heterocycles. The molecule has 0 bridgehead atoms. The third-order valence-electron chi connectivity index (χ3n) is 3.67. The Bertz CT molecular complexity index is 358. The van der Waals surface area contributed by atoms with Crippen LogP contribution in [0, 0.1) is 0 Å². The molecule has 0 atom stereocenters. The number of hydrogen-bond acceptors (Lipinski definition) is 5. The molecule has 1 aromatic rings. The molecule has 1 heterocycles. The van der Waals surface area contributed by atoms with Gasteiger partial charge < -0.3 is 10.6 Å². The van der Waals surface area contributed by atoms with E-state index in [-0.39, 0.29) is 0 Å². The predicted octanol–water partition coefficient (Wildman–Crippen LogP) is 2.59. The van der Waals surface area contributed by atoms with Crippen LogP contribution in [0.2, 0.25) is 0 Å². The van der Waals surface area contributed by atoms with E-state index in [1.54, 1.807) is 11.5 Å². The fourth-order valence-corrected chi connectivity index (χ4v) is 3.44. The van der Waals surface area contributed by atoms with Crippen LogP contribution in [-0.2, 0) is 6.42 Å². The van der Waals surface area contributed by atoms with E-state index in [0.717, 1.165) is 43.2 Å². The van der Waals surface area contributed by atoms with Gasteiger partial charge in [-0.25, -0.2) is 4.98 Å². The van der Waals surface area contributed by atoms with Gasteiger partial charge in [0.25, 0.3) is 0 Å². The topological polar surface area (TPSA) is 55.0 Å². The van der Waals surface area contributed by atoms with Gasteiger partial charge in [-0.15, -0.1) is 0 Å². The van der Waals surface area contributed by atoms with Crippen molar-refractivity contribution in [1.29, 1.82) is 0 Å². The highest BCUT2D eigenvalue weighted by atomic mass is 32.1. The Kier molecular flexibility index (Phi) is 4.95. The monoisotopic (exact) mass is 268 g/mol. The number of hydrogen-bond donors (Lipinski definition) is 1. The van der Waals surface area contributed by atoms with Crippen molar-refractivity contribution in [1.82, 2.24) is 9.36 Å². The molecule has 1 aliphatic carbocycles. The summed E-state index contributed by atoms with van der Waals surface area (Å²) < 4.78 is 4.41. The number of anilines is 1. The van der Waals surface area contributed by atoms with Gasteiger partial charge in [0, 0.05) is 36.6 Å². The Hall–Kier alpha value is -0.680. The highest BCUT2D eigenvalue weighted by molar-refractivity contribution is 7.09. The van der Waals surface area contributed by atoms with Gasteiger partial charge >= 0.3 is 0 Å². The van der Waals surface area contributed by atoms with E-state index in [2.05, 4.69) is 28.1 Å². The minimum atomic E-state index is 0.408. The molecule has 5 heteroatoms. The average Bonchev–Trinajstić information content (AvgIpc) is 2.86. The van der Waals surface area contributed by atoms with Crippen molar-refractivity contribution in [2.24, 2.45) is 5.73 Å². The van der Waals surface area contributed by atoms with Crippen LogP contribution in [0.25, 0.3) is 0 Å². The van der Waals surface area contributed by atoms with E-state index >= 15 is 0 Å². The quantitative estimate of drug-likeness (QED) is 0.892.